The number of anilines is 1. The molecule has 0 saturated heterocycles. The molecule has 1 rings (SSSR count). The second kappa shape index (κ2) is 6.93. The normalized spacial score (nSPS) is 10.4. The van der Waals surface area contributed by atoms with Gasteiger partial charge in [0.2, 0.25) is 0 Å². The Bertz CT molecular complexity index is 412. The van der Waals surface area contributed by atoms with Crippen LogP contribution in [0.5, 0.6) is 0 Å². The minimum atomic E-state index is -0.558. The lowest BCUT2D eigenvalue weighted by Crippen LogP contribution is -2.36. The number of nitrogens with two attached hydrogens (primary N) is 1. The fourth-order valence-electron chi connectivity index (χ4n) is 1.50. The van der Waals surface area contributed by atoms with Gasteiger partial charge >= 0.3 is 0 Å². The molecule has 0 fully saturated rings. The first kappa shape index (κ1) is 14.4. The van der Waals surface area contributed by atoms with Crippen molar-refractivity contribution in [3.05, 3.63) is 29.6 Å². The molecular formula is C12H17FN2O3. The van der Waals surface area contributed by atoms with Gasteiger partial charge < -0.3 is 20.5 Å². The van der Waals surface area contributed by atoms with Gasteiger partial charge in [-0.15, -0.1) is 0 Å². The highest BCUT2D eigenvalue weighted by molar-refractivity contribution is 5.95. The van der Waals surface area contributed by atoms with Crippen molar-refractivity contribution in [2.24, 2.45) is 0 Å². The number of aliphatic hydroxyl groups is 1. The maximum Gasteiger partial charge on any atom is 0.254 e. The van der Waals surface area contributed by atoms with Crippen LogP contribution in [0.1, 0.15) is 10.4 Å². The zero-order valence-corrected chi connectivity index (χ0v) is 10.2. The van der Waals surface area contributed by atoms with Crippen LogP contribution in [0.3, 0.4) is 0 Å². The van der Waals surface area contributed by atoms with Crippen LogP contribution in [0.25, 0.3) is 0 Å². The van der Waals surface area contributed by atoms with E-state index in [-0.39, 0.29) is 24.7 Å². The predicted octanol–water partition coefficient (Wildman–Crippen LogP) is 0.489. The summed E-state index contributed by atoms with van der Waals surface area (Å²) in [4.78, 5) is 13.5. The lowest BCUT2D eigenvalue weighted by atomic mass is 10.1. The number of benzene rings is 1. The molecule has 0 spiro atoms. The van der Waals surface area contributed by atoms with Crippen molar-refractivity contribution >= 4 is 11.6 Å². The van der Waals surface area contributed by atoms with Gasteiger partial charge in [-0.05, 0) is 18.2 Å². The molecule has 5 nitrogen and oxygen atoms in total. The number of carbonyl (C=O) groups excluding carboxylic acids is 1. The average molecular weight is 256 g/mol. The minimum Gasteiger partial charge on any atom is -0.396 e. The maximum absolute atomic E-state index is 13.0. The van der Waals surface area contributed by atoms with Gasteiger partial charge in [0.1, 0.15) is 5.82 Å². The van der Waals surface area contributed by atoms with E-state index in [4.69, 9.17) is 15.6 Å². The number of aliphatic hydroxyl groups excluding tert-OH is 1. The summed E-state index contributed by atoms with van der Waals surface area (Å²) in [6.07, 6.45) is 0. The summed E-state index contributed by atoms with van der Waals surface area (Å²) in [5.41, 5.74) is 5.63. The topological polar surface area (TPSA) is 75.8 Å². The first-order valence-corrected chi connectivity index (χ1v) is 5.54. The summed E-state index contributed by atoms with van der Waals surface area (Å²) >= 11 is 0. The van der Waals surface area contributed by atoms with Crippen LogP contribution in [0.2, 0.25) is 0 Å². The number of hydrogen-bond acceptors (Lipinski definition) is 4. The zero-order valence-electron chi connectivity index (χ0n) is 10.2. The van der Waals surface area contributed by atoms with Crippen LogP contribution in [0.4, 0.5) is 10.1 Å². The van der Waals surface area contributed by atoms with Crippen LogP contribution in [-0.4, -0.2) is 49.3 Å². The van der Waals surface area contributed by atoms with E-state index in [1.54, 1.807) is 0 Å². The van der Waals surface area contributed by atoms with Crippen LogP contribution >= 0.6 is 0 Å². The Hall–Kier alpha value is -1.66. The number of methoxy groups -OCH3 is 1. The lowest BCUT2D eigenvalue weighted by Gasteiger charge is -2.21. The largest absolute Gasteiger partial charge is 0.396 e. The van der Waals surface area contributed by atoms with Crippen LogP contribution in [0.15, 0.2) is 18.2 Å². The van der Waals surface area contributed by atoms with Crippen molar-refractivity contribution in [1.82, 2.24) is 4.90 Å². The first-order chi connectivity index (χ1) is 8.60. The molecule has 0 heterocycles. The number of rotatable bonds is 6. The molecule has 0 saturated carbocycles. The van der Waals surface area contributed by atoms with Crippen molar-refractivity contribution in [2.45, 2.75) is 0 Å². The quantitative estimate of drug-likeness (QED) is 0.726. The minimum absolute atomic E-state index is 0.0726. The number of hydrogen-bond donors (Lipinski definition) is 2. The standard InChI is InChI=1S/C12H17FN2O3/c1-18-7-5-15(4-6-16)12(17)9-2-3-10(13)11(14)8-9/h2-3,8,16H,4-7,14H2,1H3. The fraction of sp³-hybridized carbons (Fsp3) is 0.417. The third kappa shape index (κ3) is 3.68. The number of nitrogen functional groups attached to an aromatic ring is 1. The van der Waals surface area contributed by atoms with Gasteiger partial charge in [0.25, 0.3) is 5.91 Å². The number of nitrogens with zero attached hydrogens (tertiary/aromatic N) is 1. The predicted molar refractivity (Wildman–Crippen MR) is 65.7 cm³/mol. The molecule has 0 bridgehead atoms. The van der Waals surface area contributed by atoms with Crippen LogP contribution < -0.4 is 5.73 Å². The highest BCUT2D eigenvalue weighted by Gasteiger charge is 2.16. The van der Waals surface area contributed by atoms with Crippen LogP contribution in [0, 0.1) is 5.82 Å². The van der Waals surface area contributed by atoms with E-state index in [2.05, 4.69) is 0 Å². The molecule has 1 aromatic carbocycles. The molecule has 6 heteroatoms. The van der Waals surface area contributed by atoms with Gasteiger partial charge in [-0.3, -0.25) is 4.79 Å². The van der Waals surface area contributed by atoms with Crippen molar-refractivity contribution in [3.63, 3.8) is 0 Å². The molecular weight excluding hydrogens is 239 g/mol. The Kier molecular flexibility index (Phi) is 5.54. The molecule has 0 atom stereocenters. The number of ether oxygens (including phenoxy) is 1. The van der Waals surface area contributed by atoms with E-state index in [1.165, 1.54) is 24.1 Å². The summed E-state index contributed by atoms with van der Waals surface area (Å²) in [5, 5.41) is 8.91. The van der Waals surface area contributed by atoms with E-state index in [1.807, 2.05) is 0 Å². The molecule has 0 radical (unpaired) electrons. The van der Waals surface area contributed by atoms with Crippen LogP contribution in [-0.2, 0) is 4.74 Å². The summed E-state index contributed by atoms with van der Waals surface area (Å²) in [6, 6.07) is 3.80. The Morgan fingerprint density at radius 2 is 2.22 bits per heavy atom. The highest BCUT2D eigenvalue weighted by atomic mass is 19.1. The van der Waals surface area contributed by atoms with E-state index < -0.39 is 5.82 Å². The van der Waals surface area contributed by atoms with Gasteiger partial charge in [0, 0.05) is 25.8 Å². The van der Waals surface area contributed by atoms with E-state index in [0.717, 1.165) is 6.07 Å². The molecule has 0 aliphatic heterocycles. The molecule has 0 aliphatic carbocycles. The summed E-state index contributed by atoms with van der Waals surface area (Å²) in [6.45, 7) is 0.765. The molecule has 0 aliphatic rings. The summed E-state index contributed by atoms with van der Waals surface area (Å²) in [5.74, 6) is -0.870. The molecule has 0 unspecified atom stereocenters. The molecule has 0 aromatic heterocycles. The maximum atomic E-state index is 13.0. The summed E-state index contributed by atoms with van der Waals surface area (Å²) < 4.78 is 17.9. The second-order valence-corrected chi connectivity index (χ2v) is 3.74. The Labute approximate surface area is 105 Å². The third-order valence-corrected chi connectivity index (χ3v) is 2.47. The molecule has 100 valence electrons. The SMILES string of the molecule is COCCN(CCO)C(=O)c1ccc(F)c(N)c1. The van der Waals surface area contributed by atoms with Crippen molar-refractivity contribution in [3.8, 4) is 0 Å². The van der Waals surface area contributed by atoms with Gasteiger partial charge in [-0.2, -0.15) is 0 Å². The molecule has 18 heavy (non-hydrogen) atoms. The molecule has 1 amide bonds. The Balaban J connectivity index is 2.83. The van der Waals surface area contributed by atoms with Gasteiger partial charge in [-0.25, -0.2) is 4.39 Å². The van der Waals surface area contributed by atoms with Crippen molar-refractivity contribution in [1.29, 1.82) is 0 Å². The molecule has 3 N–H and O–H groups in total. The Morgan fingerprint density at radius 3 is 2.78 bits per heavy atom. The van der Waals surface area contributed by atoms with Gasteiger partial charge in [0.15, 0.2) is 0 Å². The first-order valence-electron chi connectivity index (χ1n) is 5.54. The number of halogens is 1. The van der Waals surface area contributed by atoms with E-state index in [9.17, 15) is 9.18 Å². The monoisotopic (exact) mass is 256 g/mol. The summed E-state index contributed by atoms with van der Waals surface area (Å²) in [7, 11) is 1.53. The Morgan fingerprint density at radius 1 is 1.50 bits per heavy atom. The fourth-order valence-corrected chi connectivity index (χ4v) is 1.50. The van der Waals surface area contributed by atoms with E-state index in [0.29, 0.717) is 18.7 Å². The zero-order chi connectivity index (χ0) is 13.5. The smallest absolute Gasteiger partial charge is 0.254 e. The lowest BCUT2D eigenvalue weighted by molar-refractivity contribution is 0.0656. The third-order valence-electron chi connectivity index (χ3n) is 2.47. The van der Waals surface area contributed by atoms with Crippen molar-refractivity contribution < 1.29 is 19.0 Å². The van der Waals surface area contributed by atoms with Crippen molar-refractivity contribution in [2.75, 3.05) is 39.1 Å². The highest BCUT2D eigenvalue weighted by Crippen LogP contribution is 2.14. The number of carbonyl (C=O) groups is 1. The second-order valence-electron chi connectivity index (χ2n) is 3.74. The number of amides is 1. The average Bonchev–Trinajstić information content (AvgIpc) is 2.37. The van der Waals surface area contributed by atoms with E-state index >= 15 is 0 Å². The van der Waals surface area contributed by atoms with Gasteiger partial charge in [-0.1, -0.05) is 0 Å². The molecule has 1 aromatic rings. The van der Waals surface area contributed by atoms with Gasteiger partial charge in [0.05, 0.1) is 18.9 Å².